The van der Waals surface area contributed by atoms with Crippen molar-refractivity contribution in [3.05, 3.63) is 271 Å². The Hall–Kier alpha value is -8.04. The molecule has 1 aliphatic rings. The van der Waals surface area contributed by atoms with Crippen molar-refractivity contribution in [1.82, 2.24) is 0 Å². The lowest BCUT2D eigenvalue weighted by atomic mass is 9.67. The minimum Gasteiger partial charge on any atom is -0.310 e. The summed E-state index contributed by atoms with van der Waals surface area (Å²) >= 11 is 1.86. The highest BCUT2D eigenvalue weighted by Crippen LogP contribution is 2.58. The molecule has 13 rings (SSSR count). The first-order valence-electron chi connectivity index (χ1n) is 22.4. The normalized spacial score (nSPS) is 12.7. The van der Waals surface area contributed by atoms with E-state index in [1.807, 2.05) is 11.3 Å². The molecule has 2 heteroatoms. The second kappa shape index (κ2) is 15.1. The van der Waals surface area contributed by atoms with Crippen molar-refractivity contribution in [1.29, 1.82) is 0 Å². The first-order chi connectivity index (χ1) is 32.3. The Morgan fingerprint density at radius 3 is 1.72 bits per heavy atom. The van der Waals surface area contributed by atoms with Crippen LogP contribution in [0, 0.1) is 0 Å². The van der Waals surface area contributed by atoms with Gasteiger partial charge in [-0.15, -0.1) is 11.3 Å². The fourth-order valence-corrected chi connectivity index (χ4v) is 12.1. The maximum absolute atomic E-state index is 2.52. The molecule has 0 spiro atoms. The summed E-state index contributed by atoms with van der Waals surface area (Å²) in [5.74, 6) is 0. The van der Waals surface area contributed by atoms with E-state index in [2.05, 4.69) is 254 Å². The number of hydrogen-bond acceptors (Lipinski definition) is 2. The summed E-state index contributed by atoms with van der Waals surface area (Å²) in [6.45, 7) is 0. The standard InChI is InChI=1S/C63H41NS/c1-3-22-45(23-4-1)63(46-24-5-2-6-25-46)56-32-13-11-29-52(56)53-39-37-48(41-57(53)63)64(58-33-17-35-60-62(58)55-30-12-14-34-59(55)65-60)47-26-15-21-44(40-47)51-38-36-43-19-8-10-28-50(43)61(51)54-31-16-20-42-18-7-9-27-49(42)54/h1-41H. The highest BCUT2D eigenvalue weighted by molar-refractivity contribution is 7.26. The second-order valence-corrected chi connectivity index (χ2v) is 18.2. The van der Waals surface area contributed by atoms with Crippen LogP contribution in [0.5, 0.6) is 0 Å². The van der Waals surface area contributed by atoms with Gasteiger partial charge in [0.15, 0.2) is 0 Å². The number of fused-ring (bicyclic) bond motifs is 8. The van der Waals surface area contributed by atoms with Gasteiger partial charge in [-0.3, -0.25) is 0 Å². The van der Waals surface area contributed by atoms with Gasteiger partial charge in [0.05, 0.1) is 11.1 Å². The van der Waals surface area contributed by atoms with Crippen molar-refractivity contribution in [2.24, 2.45) is 0 Å². The van der Waals surface area contributed by atoms with Gasteiger partial charge in [0.2, 0.25) is 0 Å². The molecule has 304 valence electrons. The zero-order valence-electron chi connectivity index (χ0n) is 35.5. The first kappa shape index (κ1) is 37.5. The number of hydrogen-bond donors (Lipinski definition) is 0. The van der Waals surface area contributed by atoms with E-state index in [-0.39, 0.29) is 0 Å². The predicted molar refractivity (Wildman–Crippen MR) is 277 cm³/mol. The molecule has 0 unspecified atom stereocenters. The summed E-state index contributed by atoms with van der Waals surface area (Å²) < 4.78 is 2.56. The van der Waals surface area contributed by atoms with Gasteiger partial charge < -0.3 is 4.90 Å². The van der Waals surface area contributed by atoms with Crippen LogP contribution in [0.3, 0.4) is 0 Å². The van der Waals surface area contributed by atoms with Crippen LogP contribution in [0.25, 0.3) is 75.1 Å². The lowest BCUT2D eigenvalue weighted by Crippen LogP contribution is -2.28. The highest BCUT2D eigenvalue weighted by atomic mass is 32.1. The topological polar surface area (TPSA) is 3.24 Å². The van der Waals surface area contributed by atoms with Crippen molar-refractivity contribution < 1.29 is 0 Å². The Labute approximate surface area is 382 Å². The Balaban J connectivity index is 1.09. The van der Waals surface area contributed by atoms with E-state index < -0.39 is 5.41 Å². The van der Waals surface area contributed by atoms with Crippen molar-refractivity contribution in [3.63, 3.8) is 0 Å². The molecule has 11 aromatic carbocycles. The molecule has 0 aliphatic heterocycles. The van der Waals surface area contributed by atoms with E-state index in [1.165, 1.54) is 97.4 Å². The molecular weight excluding hydrogens is 803 g/mol. The summed E-state index contributed by atoms with van der Waals surface area (Å²) in [4.78, 5) is 2.52. The molecule has 0 saturated heterocycles. The SMILES string of the molecule is c1ccc(C2(c3ccccc3)c3ccccc3-c3ccc(N(c4cccc(-c5ccc6ccccc6c5-c5cccc6ccccc56)c4)c4cccc5sc6ccccc6c45)cc32)cc1. The van der Waals surface area contributed by atoms with Gasteiger partial charge in [-0.2, -0.15) is 0 Å². The van der Waals surface area contributed by atoms with Crippen LogP contribution in [0.15, 0.2) is 249 Å². The molecule has 65 heavy (non-hydrogen) atoms. The Morgan fingerprint density at radius 2 is 0.908 bits per heavy atom. The van der Waals surface area contributed by atoms with Crippen LogP contribution in [-0.2, 0) is 5.41 Å². The van der Waals surface area contributed by atoms with Gasteiger partial charge in [-0.05, 0) is 120 Å². The number of benzene rings is 11. The average Bonchev–Trinajstić information content (AvgIpc) is 3.91. The second-order valence-electron chi connectivity index (χ2n) is 17.1. The highest BCUT2D eigenvalue weighted by Gasteiger charge is 2.46. The van der Waals surface area contributed by atoms with Crippen LogP contribution in [0.2, 0.25) is 0 Å². The molecule has 1 aliphatic carbocycles. The number of rotatable bonds is 7. The number of nitrogens with zero attached hydrogens (tertiary/aromatic N) is 1. The first-order valence-corrected chi connectivity index (χ1v) is 23.2. The Morgan fingerprint density at radius 1 is 0.338 bits per heavy atom. The van der Waals surface area contributed by atoms with Crippen molar-refractivity contribution in [3.8, 4) is 33.4 Å². The number of anilines is 3. The quantitative estimate of drug-likeness (QED) is 0.154. The summed E-state index contributed by atoms with van der Waals surface area (Å²) in [7, 11) is 0. The maximum Gasteiger partial charge on any atom is 0.0714 e. The molecule has 0 amide bonds. The Bertz CT molecular complexity index is 3740. The van der Waals surface area contributed by atoms with Crippen molar-refractivity contribution >= 4 is 70.1 Å². The minimum absolute atomic E-state index is 0.530. The molecule has 1 aromatic heterocycles. The summed E-state index contributed by atoms with van der Waals surface area (Å²) in [5, 5.41) is 7.50. The minimum atomic E-state index is -0.530. The van der Waals surface area contributed by atoms with Crippen LogP contribution < -0.4 is 4.90 Å². The molecule has 0 saturated carbocycles. The van der Waals surface area contributed by atoms with Gasteiger partial charge in [0.25, 0.3) is 0 Å². The monoisotopic (exact) mass is 843 g/mol. The smallest absolute Gasteiger partial charge is 0.0714 e. The molecule has 0 bridgehead atoms. The van der Waals surface area contributed by atoms with E-state index in [0.717, 1.165) is 17.1 Å². The van der Waals surface area contributed by atoms with Gasteiger partial charge in [-0.1, -0.05) is 206 Å². The van der Waals surface area contributed by atoms with Gasteiger partial charge in [0, 0.05) is 31.5 Å². The molecule has 0 radical (unpaired) electrons. The zero-order chi connectivity index (χ0) is 42.9. The summed E-state index contributed by atoms with van der Waals surface area (Å²) in [6, 6.07) is 92.3. The zero-order valence-corrected chi connectivity index (χ0v) is 36.3. The van der Waals surface area contributed by atoms with Crippen molar-refractivity contribution in [2.75, 3.05) is 4.90 Å². The van der Waals surface area contributed by atoms with E-state index in [0.29, 0.717) is 0 Å². The summed E-state index contributed by atoms with van der Waals surface area (Å²) in [5.41, 5.74) is 15.3. The third-order valence-electron chi connectivity index (χ3n) is 13.7. The lowest BCUT2D eigenvalue weighted by molar-refractivity contribution is 0.768. The molecule has 0 atom stereocenters. The lowest BCUT2D eigenvalue weighted by Gasteiger charge is -2.35. The van der Waals surface area contributed by atoms with Gasteiger partial charge >= 0.3 is 0 Å². The van der Waals surface area contributed by atoms with Crippen molar-refractivity contribution in [2.45, 2.75) is 5.41 Å². The van der Waals surface area contributed by atoms with Crippen LogP contribution in [-0.4, -0.2) is 0 Å². The fourth-order valence-electron chi connectivity index (χ4n) is 11.0. The average molecular weight is 844 g/mol. The Kier molecular flexibility index (Phi) is 8.69. The third-order valence-corrected chi connectivity index (χ3v) is 14.9. The van der Waals surface area contributed by atoms with Crippen LogP contribution in [0.4, 0.5) is 17.1 Å². The van der Waals surface area contributed by atoms with Crippen LogP contribution >= 0.6 is 11.3 Å². The van der Waals surface area contributed by atoms with E-state index >= 15 is 0 Å². The van der Waals surface area contributed by atoms with Crippen LogP contribution in [0.1, 0.15) is 22.3 Å². The molecule has 1 heterocycles. The molecule has 1 nitrogen and oxygen atoms in total. The maximum atomic E-state index is 2.52. The molecule has 12 aromatic rings. The van der Waals surface area contributed by atoms with E-state index in [9.17, 15) is 0 Å². The molecule has 0 N–H and O–H groups in total. The van der Waals surface area contributed by atoms with Gasteiger partial charge in [-0.25, -0.2) is 0 Å². The largest absolute Gasteiger partial charge is 0.310 e. The van der Waals surface area contributed by atoms with Gasteiger partial charge in [0.1, 0.15) is 0 Å². The predicted octanol–water partition coefficient (Wildman–Crippen LogP) is 17.5. The number of thiophene rings is 1. The molecular formula is C63H41NS. The summed E-state index contributed by atoms with van der Waals surface area (Å²) in [6.07, 6.45) is 0. The van der Waals surface area contributed by atoms with E-state index in [1.54, 1.807) is 0 Å². The fraction of sp³-hybridized carbons (Fsp3) is 0.0159. The van der Waals surface area contributed by atoms with E-state index in [4.69, 9.17) is 0 Å². The third kappa shape index (κ3) is 5.78. The molecule has 0 fully saturated rings.